The molecule has 1 aromatic heterocycles. The van der Waals surface area contributed by atoms with Crippen LogP contribution in [0.1, 0.15) is 58.4 Å². The van der Waals surface area contributed by atoms with Gasteiger partial charge in [-0.3, -0.25) is 10.00 Å². The summed E-state index contributed by atoms with van der Waals surface area (Å²) in [5, 5.41) is 17.8. The van der Waals surface area contributed by atoms with Crippen LogP contribution in [-0.2, 0) is 6.18 Å². The number of piperidine rings is 1. The van der Waals surface area contributed by atoms with Gasteiger partial charge in [-0.25, -0.2) is 0 Å². The summed E-state index contributed by atoms with van der Waals surface area (Å²) >= 11 is 0. The van der Waals surface area contributed by atoms with Gasteiger partial charge in [-0.05, 0) is 51.2 Å². The zero-order valence-corrected chi connectivity index (χ0v) is 19.7. The van der Waals surface area contributed by atoms with Crippen molar-refractivity contribution < 1.29 is 36.2 Å². The summed E-state index contributed by atoms with van der Waals surface area (Å²) in [5.41, 5.74) is -4.48. The number of ether oxygens (including phenoxy) is 1. The first kappa shape index (κ1) is 24.7. The highest BCUT2D eigenvalue weighted by molar-refractivity contribution is 5.83. The number of benzene rings is 1. The van der Waals surface area contributed by atoms with Gasteiger partial charge in [-0.15, -0.1) is 0 Å². The zero-order valence-electron chi connectivity index (χ0n) is 19.7. The Morgan fingerprint density at radius 2 is 1.80 bits per heavy atom. The molecule has 6 rings (SSSR count). The summed E-state index contributed by atoms with van der Waals surface area (Å²) in [6.07, 6.45) is -7.58. The number of alkyl halides is 6. The third-order valence-corrected chi connectivity index (χ3v) is 8.58. The van der Waals surface area contributed by atoms with Gasteiger partial charge in [0.05, 0.1) is 28.3 Å². The summed E-state index contributed by atoms with van der Waals surface area (Å²) in [4.78, 5) is 2.00. The van der Waals surface area contributed by atoms with E-state index < -0.39 is 40.6 Å². The number of H-pyrrole nitrogens is 1. The van der Waals surface area contributed by atoms with Gasteiger partial charge in [0.25, 0.3) is 0 Å². The molecule has 3 atom stereocenters. The van der Waals surface area contributed by atoms with Crippen molar-refractivity contribution in [2.45, 2.75) is 83.1 Å². The van der Waals surface area contributed by atoms with Crippen LogP contribution in [0.5, 0.6) is 5.75 Å². The second kappa shape index (κ2) is 7.50. The molecule has 4 fully saturated rings. The second-order valence-electron chi connectivity index (χ2n) is 11.2. The topological polar surface area (TPSA) is 61.4 Å². The molecule has 35 heavy (non-hydrogen) atoms. The fraction of sp³-hybridized carbons (Fsp3) is 0.708. The van der Waals surface area contributed by atoms with Crippen molar-refractivity contribution >= 4 is 10.9 Å². The van der Waals surface area contributed by atoms with Crippen LogP contribution in [-0.4, -0.2) is 50.8 Å². The third-order valence-electron chi connectivity index (χ3n) is 8.58. The van der Waals surface area contributed by atoms with Gasteiger partial charge in [0, 0.05) is 29.3 Å². The summed E-state index contributed by atoms with van der Waals surface area (Å²) in [5.74, 6) is -0.0361. The van der Waals surface area contributed by atoms with Gasteiger partial charge in [0.2, 0.25) is 0 Å². The van der Waals surface area contributed by atoms with Crippen LogP contribution in [0, 0.1) is 16.7 Å². The lowest BCUT2D eigenvalue weighted by atomic mass is 9.29. The summed E-state index contributed by atoms with van der Waals surface area (Å²) in [6, 6.07) is 2.24. The largest absolute Gasteiger partial charge is 0.475 e. The zero-order chi connectivity index (χ0) is 25.6. The first-order chi connectivity index (χ1) is 16.1. The Kier molecular flexibility index (Phi) is 5.29. The number of nitrogens with zero attached hydrogens (tertiary/aromatic N) is 2. The molecule has 0 spiro atoms. The predicted octanol–water partition coefficient (Wildman–Crippen LogP) is 5.89. The quantitative estimate of drug-likeness (QED) is 0.498. The van der Waals surface area contributed by atoms with Gasteiger partial charge in [-0.1, -0.05) is 13.8 Å². The molecule has 2 N–H and O–H groups in total. The first-order valence-corrected chi connectivity index (χ1v) is 11.9. The number of aromatic amines is 1. The number of nitrogens with one attached hydrogen (secondary N) is 1. The molecule has 0 radical (unpaired) electrons. The van der Waals surface area contributed by atoms with Crippen LogP contribution in [0.3, 0.4) is 0 Å². The van der Waals surface area contributed by atoms with E-state index in [4.69, 9.17) is 4.74 Å². The third kappa shape index (κ3) is 3.63. The van der Waals surface area contributed by atoms with Crippen molar-refractivity contribution in [2.75, 3.05) is 6.54 Å². The van der Waals surface area contributed by atoms with E-state index in [1.54, 1.807) is 0 Å². The Labute approximate surface area is 198 Å². The maximum atomic E-state index is 13.6. The van der Waals surface area contributed by atoms with Crippen LogP contribution in [0.2, 0.25) is 0 Å². The average Bonchev–Trinajstić information content (AvgIpc) is 3.09. The number of hydrogen-bond donors (Lipinski definition) is 2. The van der Waals surface area contributed by atoms with Crippen molar-refractivity contribution in [3.8, 4) is 5.75 Å². The molecule has 4 aliphatic rings. The molecule has 3 unspecified atom stereocenters. The van der Waals surface area contributed by atoms with E-state index in [1.165, 1.54) is 12.3 Å². The molecule has 0 amide bonds. The van der Waals surface area contributed by atoms with Crippen LogP contribution < -0.4 is 4.74 Å². The molecular weight excluding hydrogens is 476 g/mol. The Morgan fingerprint density at radius 3 is 2.34 bits per heavy atom. The van der Waals surface area contributed by atoms with E-state index in [0.29, 0.717) is 19.4 Å². The first-order valence-electron chi connectivity index (χ1n) is 11.9. The number of halogens is 6. The van der Waals surface area contributed by atoms with Gasteiger partial charge in [0.1, 0.15) is 5.75 Å². The van der Waals surface area contributed by atoms with Crippen molar-refractivity contribution in [1.82, 2.24) is 15.1 Å². The van der Waals surface area contributed by atoms with E-state index in [9.17, 15) is 31.4 Å². The molecule has 1 aliphatic heterocycles. The fourth-order valence-electron chi connectivity index (χ4n) is 6.73. The number of hydrogen-bond acceptors (Lipinski definition) is 4. The Bertz CT molecular complexity index is 1110. The number of aromatic nitrogens is 2. The molecule has 1 saturated heterocycles. The minimum Gasteiger partial charge on any atom is -0.475 e. The molecule has 3 saturated carbocycles. The highest BCUT2D eigenvalue weighted by Gasteiger charge is 2.83. The highest BCUT2D eigenvalue weighted by Crippen LogP contribution is 2.82. The molecule has 11 heteroatoms. The van der Waals surface area contributed by atoms with E-state index in [0.717, 1.165) is 6.07 Å². The summed E-state index contributed by atoms with van der Waals surface area (Å²) < 4.78 is 86.9. The minimum absolute atomic E-state index is 0.0260. The lowest BCUT2D eigenvalue weighted by molar-refractivity contribution is -0.404. The number of fused-ring (bicyclic) bond motifs is 1. The Hall–Kier alpha value is -2.01. The molecule has 2 aromatic rings. The van der Waals surface area contributed by atoms with Gasteiger partial charge in [0.15, 0.2) is 6.23 Å². The highest BCUT2D eigenvalue weighted by atomic mass is 19.4. The molecule has 3 aliphatic carbocycles. The van der Waals surface area contributed by atoms with Gasteiger partial charge >= 0.3 is 12.4 Å². The van der Waals surface area contributed by atoms with Gasteiger partial charge < -0.3 is 9.84 Å². The molecule has 2 heterocycles. The number of likely N-dealkylation sites (tertiary alicyclic amines) is 1. The molecular formula is C24H29F6N3O2. The lowest BCUT2D eigenvalue weighted by Gasteiger charge is -2.76. The SMILES string of the molecule is CC(C)C(Oc1cc(C(F)(F)F)c2[nH]ncc2c1)N1CCC(O)(C23CC(C(F)(F)F)(C2)C3)CC1C. The molecule has 1 aromatic carbocycles. The Morgan fingerprint density at radius 1 is 1.14 bits per heavy atom. The van der Waals surface area contributed by atoms with E-state index in [2.05, 4.69) is 10.2 Å². The van der Waals surface area contributed by atoms with E-state index >= 15 is 0 Å². The maximum absolute atomic E-state index is 13.6. The normalized spacial score (nSPS) is 34.5. The smallest absolute Gasteiger partial charge is 0.418 e. The van der Waals surface area contributed by atoms with Crippen LogP contribution in [0.25, 0.3) is 10.9 Å². The van der Waals surface area contributed by atoms with E-state index in [1.807, 2.05) is 25.7 Å². The standard InChI is InChI=1S/C24H29F6N3O2/c1-13(2)19(35-16-6-15-9-31-32-18(15)17(7-16)23(25,26)27)33-5-4-22(34,8-14(33)3)20-10-21(11-20,12-20)24(28,29)30/h6-7,9,13-14,19,34H,4-5,8,10-12H2,1-3H3,(H,31,32). The maximum Gasteiger partial charge on any atom is 0.418 e. The monoisotopic (exact) mass is 505 g/mol. The second-order valence-corrected chi connectivity index (χ2v) is 11.2. The molecule has 5 nitrogen and oxygen atoms in total. The Balaban J connectivity index is 1.34. The average molecular weight is 506 g/mol. The van der Waals surface area contributed by atoms with Crippen molar-refractivity contribution in [1.29, 1.82) is 0 Å². The molecule has 2 bridgehead atoms. The predicted molar refractivity (Wildman–Crippen MR) is 115 cm³/mol. The van der Waals surface area contributed by atoms with Crippen molar-refractivity contribution in [3.05, 3.63) is 23.9 Å². The van der Waals surface area contributed by atoms with Crippen LogP contribution in [0.4, 0.5) is 26.3 Å². The number of rotatable bonds is 5. The minimum atomic E-state index is -4.59. The lowest BCUT2D eigenvalue weighted by Crippen LogP contribution is -2.77. The molecule has 194 valence electrons. The van der Waals surface area contributed by atoms with Crippen molar-refractivity contribution in [3.63, 3.8) is 0 Å². The number of aliphatic hydroxyl groups is 1. The summed E-state index contributed by atoms with van der Waals surface area (Å²) in [6.45, 7) is 6.05. The van der Waals surface area contributed by atoms with Gasteiger partial charge in [-0.2, -0.15) is 31.4 Å². The van der Waals surface area contributed by atoms with Crippen molar-refractivity contribution in [2.24, 2.45) is 16.7 Å². The van der Waals surface area contributed by atoms with Crippen LogP contribution in [0.15, 0.2) is 18.3 Å². The van der Waals surface area contributed by atoms with Crippen LogP contribution >= 0.6 is 0 Å². The fourth-order valence-corrected chi connectivity index (χ4v) is 6.73. The van der Waals surface area contributed by atoms with E-state index in [-0.39, 0.29) is 47.9 Å². The summed E-state index contributed by atoms with van der Waals surface area (Å²) in [7, 11) is 0.